The third-order valence-corrected chi connectivity index (χ3v) is 6.45. The first-order valence-corrected chi connectivity index (χ1v) is 11.3. The van der Waals surface area contributed by atoms with E-state index in [1.54, 1.807) is 11.1 Å². The van der Waals surface area contributed by atoms with Crippen LogP contribution < -0.4 is 10.2 Å². The average Bonchev–Trinajstić information content (AvgIpc) is 3.53. The molecule has 0 spiro atoms. The van der Waals surface area contributed by atoms with Crippen LogP contribution in [0, 0.1) is 0 Å². The van der Waals surface area contributed by atoms with Gasteiger partial charge in [0, 0.05) is 12.7 Å². The summed E-state index contributed by atoms with van der Waals surface area (Å²) in [6, 6.07) is 11.3. The Morgan fingerprint density at radius 2 is 1.91 bits per heavy atom. The molecule has 3 aromatic heterocycles. The number of aromatic amines is 2. The molecule has 2 aromatic carbocycles. The lowest BCUT2D eigenvalue weighted by Crippen LogP contribution is -2.35. The lowest BCUT2D eigenvalue weighted by atomic mass is 9.86. The number of H-pyrrole nitrogens is 2. The number of carbonyl (C=O) groups excluding carboxylic acids is 2. The summed E-state index contributed by atoms with van der Waals surface area (Å²) in [7, 11) is 0. The van der Waals surface area contributed by atoms with Crippen molar-refractivity contribution in [3.8, 4) is 11.5 Å². The third-order valence-electron chi connectivity index (χ3n) is 6.45. The van der Waals surface area contributed by atoms with Crippen LogP contribution in [0.2, 0.25) is 0 Å². The van der Waals surface area contributed by atoms with Gasteiger partial charge in [-0.1, -0.05) is 12.1 Å². The van der Waals surface area contributed by atoms with Crippen molar-refractivity contribution in [2.75, 3.05) is 16.8 Å². The number of fused-ring (bicyclic) bond motifs is 3. The Bertz CT molecular complexity index is 1650. The first-order chi connectivity index (χ1) is 16.9. The molecule has 0 aliphatic carbocycles. The van der Waals surface area contributed by atoms with Crippen LogP contribution in [0.3, 0.4) is 0 Å². The second-order valence-corrected chi connectivity index (χ2v) is 8.99. The maximum absolute atomic E-state index is 12.9. The van der Waals surface area contributed by atoms with Crippen molar-refractivity contribution >= 4 is 45.3 Å². The molecule has 0 bridgehead atoms. The Hall–Kier alpha value is -4.60. The molecule has 10 nitrogen and oxygen atoms in total. The standard InChI is InChI=1S/C25H22N8O2/c1-4-33-20-10-17-16(9-13(20)25(2,3)24(33)35)29-22(30-17)21-18(12-27-32-21)31-23(34)19-11-26-14-7-5-6-8-15(14)28-19/h5-12H,4H2,1-3H3,(H,27,32)(H,29,30)(H,31,34). The molecule has 10 heteroatoms. The number of imidazole rings is 1. The Morgan fingerprint density at radius 3 is 2.71 bits per heavy atom. The molecule has 3 N–H and O–H groups in total. The van der Waals surface area contributed by atoms with Gasteiger partial charge in [0.1, 0.15) is 5.69 Å². The highest BCUT2D eigenvalue weighted by atomic mass is 16.2. The highest BCUT2D eigenvalue weighted by molar-refractivity contribution is 6.09. The number of benzene rings is 2. The van der Waals surface area contributed by atoms with Gasteiger partial charge >= 0.3 is 0 Å². The smallest absolute Gasteiger partial charge is 0.275 e. The van der Waals surface area contributed by atoms with Gasteiger partial charge in [0.05, 0.1) is 45.1 Å². The van der Waals surface area contributed by atoms with Crippen molar-refractivity contribution < 1.29 is 9.59 Å². The van der Waals surface area contributed by atoms with E-state index in [-0.39, 0.29) is 11.6 Å². The average molecular weight is 467 g/mol. The molecule has 0 radical (unpaired) electrons. The van der Waals surface area contributed by atoms with Gasteiger partial charge in [-0.2, -0.15) is 5.10 Å². The minimum atomic E-state index is -0.614. The number of rotatable bonds is 4. The van der Waals surface area contributed by atoms with Gasteiger partial charge in [-0.25, -0.2) is 9.97 Å². The fraction of sp³-hybridized carbons (Fsp3) is 0.200. The van der Waals surface area contributed by atoms with E-state index in [9.17, 15) is 9.59 Å². The van der Waals surface area contributed by atoms with Crippen LogP contribution in [0.15, 0.2) is 48.8 Å². The fourth-order valence-corrected chi connectivity index (χ4v) is 4.58. The summed E-state index contributed by atoms with van der Waals surface area (Å²) in [5.74, 6) is 0.175. The molecule has 2 amide bonds. The maximum Gasteiger partial charge on any atom is 0.275 e. The van der Waals surface area contributed by atoms with Gasteiger partial charge in [0.2, 0.25) is 5.91 Å². The van der Waals surface area contributed by atoms with Crippen molar-refractivity contribution in [3.63, 3.8) is 0 Å². The van der Waals surface area contributed by atoms with Crippen molar-refractivity contribution in [3.05, 3.63) is 60.0 Å². The largest absolute Gasteiger partial charge is 0.337 e. The first-order valence-electron chi connectivity index (χ1n) is 11.3. The Kier molecular flexibility index (Phi) is 4.47. The molecular weight excluding hydrogens is 444 g/mol. The van der Waals surface area contributed by atoms with Crippen LogP contribution in [0.25, 0.3) is 33.6 Å². The van der Waals surface area contributed by atoms with E-state index in [2.05, 4.69) is 30.5 Å². The zero-order chi connectivity index (χ0) is 24.3. The monoisotopic (exact) mass is 466 g/mol. The number of hydrogen-bond donors (Lipinski definition) is 3. The third kappa shape index (κ3) is 3.17. The molecule has 0 atom stereocenters. The normalized spacial score (nSPS) is 14.6. The van der Waals surface area contributed by atoms with Crippen molar-refractivity contribution in [1.29, 1.82) is 0 Å². The van der Waals surface area contributed by atoms with Crippen molar-refractivity contribution in [2.24, 2.45) is 0 Å². The van der Waals surface area contributed by atoms with Crippen LogP contribution >= 0.6 is 0 Å². The van der Waals surface area contributed by atoms with Crippen LogP contribution in [-0.4, -0.2) is 48.5 Å². The summed E-state index contributed by atoms with van der Waals surface area (Å²) in [6.07, 6.45) is 3.04. The molecule has 5 aromatic rings. The van der Waals surface area contributed by atoms with E-state index >= 15 is 0 Å². The number of anilines is 2. The predicted molar refractivity (Wildman–Crippen MR) is 132 cm³/mol. The summed E-state index contributed by atoms with van der Waals surface area (Å²) >= 11 is 0. The lowest BCUT2D eigenvalue weighted by Gasteiger charge is -2.18. The zero-order valence-corrected chi connectivity index (χ0v) is 19.4. The van der Waals surface area contributed by atoms with Crippen molar-refractivity contribution in [2.45, 2.75) is 26.2 Å². The number of nitrogens with one attached hydrogen (secondary N) is 3. The molecular formula is C25H22N8O2. The first kappa shape index (κ1) is 21.0. The molecule has 0 saturated carbocycles. The SMILES string of the molecule is CCN1C(=O)C(C)(C)c2cc3[nH]c(-c4n[nH]cc4NC(=O)c4cnc5ccccc5n4)nc3cc21. The van der Waals surface area contributed by atoms with Gasteiger partial charge in [-0.05, 0) is 50.6 Å². The van der Waals surface area contributed by atoms with E-state index in [4.69, 9.17) is 4.98 Å². The van der Waals surface area contributed by atoms with Crippen LogP contribution in [0.5, 0.6) is 0 Å². The number of aromatic nitrogens is 6. The van der Waals surface area contributed by atoms with Crippen LogP contribution in [0.4, 0.5) is 11.4 Å². The predicted octanol–water partition coefficient (Wildman–Crippen LogP) is 3.79. The van der Waals surface area contributed by atoms with Gasteiger partial charge in [0.25, 0.3) is 5.91 Å². The fourth-order valence-electron chi connectivity index (χ4n) is 4.58. The maximum atomic E-state index is 12.9. The Morgan fingerprint density at radius 1 is 1.11 bits per heavy atom. The molecule has 0 fully saturated rings. The molecule has 35 heavy (non-hydrogen) atoms. The van der Waals surface area contributed by atoms with Gasteiger partial charge < -0.3 is 15.2 Å². The van der Waals surface area contributed by atoms with Crippen LogP contribution in [-0.2, 0) is 10.2 Å². The second-order valence-electron chi connectivity index (χ2n) is 8.99. The topological polar surface area (TPSA) is 133 Å². The molecule has 1 aliphatic rings. The second kappa shape index (κ2) is 7.45. The number of hydrogen-bond acceptors (Lipinski definition) is 6. The number of nitrogens with zero attached hydrogens (tertiary/aromatic N) is 5. The number of likely N-dealkylation sites (N-methyl/N-ethyl adjacent to an activating group) is 1. The Balaban J connectivity index is 1.34. The van der Waals surface area contributed by atoms with Crippen LogP contribution in [0.1, 0.15) is 36.8 Å². The lowest BCUT2D eigenvalue weighted by molar-refractivity contribution is -0.122. The number of amides is 2. The van der Waals surface area contributed by atoms with Gasteiger partial charge in [-0.15, -0.1) is 0 Å². The molecule has 6 rings (SSSR count). The minimum absolute atomic E-state index is 0.0805. The summed E-state index contributed by atoms with van der Waals surface area (Å²) in [5.41, 5.74) is 5.19. The molecule has 1 aliphatic heterocycles. The van der Waals surface area contributed by atoms with E-state index in [1.165, 1.54) is 6.20 Å². The summed E-state index contributed by atoms with van der Waals surface area (Å²) < 4.78 is 0. The highest BCUT2D eigenvalue weighted by Crippen LogP contribution is 2.43. The van der Waals surface area contributed by atoms with E-state index in [1.807, 2.05) is 57.2 Å². The van der Waals surface area contributed by atoms with Crippen molar-refractivity contribution in [1.82, 2.24) is 30.1 Å². The molecule has 4 heterocycles. The molecule has 174 valence electrons. The molecule has 0 saturated heterocycles. The summed E-state index contributed by atoms with van der Waals surface area (Å²) in [6.45, 7) is 6.42. The minimum Gasteiger partial charge on any atom is -0.337 e. The van der Waals surface area contributed by atoms with E-state index in [0.29, 0.717) is 40.3 Å². The summed E-state index contributed by atoms with van der Waals surface area (Å²) in [5, 5.41) is 9.94. The molecule has 0 unspecified atom stereocenters. The van der Waals surface area contributed by atoms with E-state index in [0.717, 1.165) is 16.8 Å². The van der Waals surface area contributed by atoms with Gasteiger partial charge in [-0.3, -0.25) is 19.7 Å². The quantitative estimate of drug-likeness (QED) is 0.369. The Labute approximate surface area is 199 Å². The summed E-state index contributed by atoms with van der Waals surface area (Å²) in [4.78, 5) is 44.2. The highest BCUT2D eigenvalue weighted by Gasteiger charge is 2.43. The van der Waals surface area contributed by atoms with E-state index < -0.39 is 11.3 Å². The number of para-hydroxylation sites is 2. The number of carbonyl (C=O) groups is 2. The van der Waals surface area contributed by atoms with Gasteiger partial charge in [0.15, 0.2) is 11.5 Å². The zero-order valence-electron chi connectivity index (χ0n) is 19.4.